The van der Waals surface area contributed by atoms with Crippen molar-refractivity contribution < 1.29 is 15.0 Å². The maximum Gasteiger partial charge on any atom is 0.290 e. The number of benzene rings is 2. The zero-order chi connectivity index (χ0) is 17.5. The van der Waals surface area contributed by atoms with Gasteiger partial charge in [-0.1, -0.05) is 40.2 Å². The van der Waals surface area contributed by atoms with Crippen molar-refractivity contribution in [2.24, 2.45) is 0 Å². The van der Waals surface area contributed by atoms with Crippen LogP contribution in [0.3, 0.4) is 0 Å². The van der Waals surface area contributed by atoms with Crippen LogP contribution < -0.4 is 5.73 Å². The average molecular weight is 390 g/mol. The Bertz CT molecular complexity index is 856. The molecule has 24 heavy (non-hydrogen) atoms. The van der Waals surface area contributed by atoms with Crippen molar-refractivity contribution in [2.75, 3.05) is 5.73 Å². The van der Waals surface area contributed by atoms with Crippen LogP contribution in [-0.4, -0.2) is 26.7 Å². The number of aliphatic hydroxyl groups excluding tert-OH is 1. The van der Waals surface area contributed by atoms with Crippen LogP contribution in [0.2, 0.25) is 0 Å². The van der Waals surface area contributed by atoms with Crippen molar-refractivity contribution in [1.82, 2.24) is 9.97 Å². The second-order valence-electron chi connectivity index (χ2n) is 4.90. The third-order valence-electron chi connectivity index (χ3n) is 3.37. The van der Waals surface area contributed by atoms with Crippen LogP contribution in [-0.2, 0) is 17.8 Å². The monoisotopic (exact) mass is 389 g/mol. The fraction of sp³-hybridized carbons (Fsp3) is 0.118. The molecule has 2 aromatic carbocycles. The Morgan fingerprint density at radius 3 is 2.46 bits per heavy atom. The highest BCUT2D eigenvalue weighted by atomic mass is 79.9. The van der Waals surface area contributed by atoms with Crippen molar-refractivity contribution in [3.63, 3.8) is 0 Å². The number of carboxylic acid groups (broad SMARTS) is 1. The third-order valence-corrected chi connectivity index (χ3v) is 3.86. The number of hydrogen-bond acceptors (Lipinski definition) is 5. The quantitative estimate of drug-likeness (QED) is 0.594. The normalized spacial score (nSPS) is 10.1. The molecule has 0 aliphatic heterocycles. The number of nitrogens with zero attached hydrogens (tertiary/aromatic N) is 2. The van der Waals surface area contributed by atoms with E-state index in [2.05, 4.69) is 25.9 Å². The molecule has 0 radical (unpaired) electrons. The number of aliphatic hydroxyl groups is 1. The predicted molar refractivity (Wildman–Crippen MR) is 95.5 cm³/mol. The Morgan fingerprint density at radius 1 is 1.12 bits per heavy atom. The summed E-state index contributed by atoms with van der Waals surface area (Å²) in [5, 5.41) is 17.1. The standard InChI is InChI=1S/C16H14BrN3O.CH2O2/c17-12-5-6-14-13(8-12)16(18)20-15(19-14)7-10-3-1-2-4-11(10)9-21;2-1-3/h1-6,8,21H,7,9H2,(H2,18,19,20);1H,(H,2,3). The summed E-state index contributed by atoms with van der Waals surface area (Å²) in [6.07, 6.45) is 0.549. The Balaban J connectivity index is 0.000000647. The number of nitrogens with two attached hydrogens (primary N) is 1. The van der Waals surface area contributed by atoms with E-state index >= 15 is 0 Å². The van der Waals surface area contributed by atoms with Gasteiger partial charge in [-0.25, -0.2) is 9.97 Å². The molecule has 0 amide bonds. The number of fused-ring (bicyclic) bond motifs is 1. The SMILES string of the molecule is Nc1nc(Cc2ccccc2CO)nc2ccc(Br)cc12.O=CO. The van der Waals surface area contributed by atoms with Gasteiger partial charge in [0.05, 0.1) is 12.1 Å². The van der Waals surface area contributed by atoms with Crippen LogP contribution in [0, 0.1) is 0 Å². The lowest BCUT2D eigenvalue weighted by atomic mass is 10.0. The van der Waals surface area contributed by atoms with Gasteiger partial charge in [-0.3, -0.25) is 4.79 Å². The molecule has 0 atom stereocenters. The first-order valence-corrected chi connectivity index (χ1v) is 7.85. The summed E-state index contributed by atoms with van der Waals surface area (Å²) < 4.78 is 0.948. The Kier molecular flexibility index (Phi) is 6.22. The van der Waals surface area contributed by atoms with Crippen LogP contribution in [0.15, 0.2) is 46.9 Å². The Hall–Kier alpha value is -2.51. The molecule has 0 aliphatic carbocycles. The highest BCUT2D eigenvalue weighted by Gasteiger charge is 2.08. The second kappa shape index (κ2) is 8.37. The van der Waals surface area contributed by atoms with Gasteiger partial charge in [0.2, 0.25) is 0 Å². The number of anilines is 1. The first-order chi connectivity index (χ1) is 11.6. The lowest BCUT2D eigenvalue weighted by Crippen LogP contribution is -2.03. The fourth-order valence-electron chi connectivity index (χ4n) is 2.31. The molecule has 0 spiro atoms. The number of rotatable bonds is 3. The smallest absolute Gasteiger partial charge is 0.290 e. The van der Waals surface area contributed by atoms with Gasteiger partial charge in [0.15, 0.2) is 0 Å². The molecule has 124 valence electrons. The molecule has 0 unspecified atom stereocenters. The minimum atomic E-state index is -0.250. The summed E-state index contributed by atoms with van der Waals surface area (Å²) in [7, 11) is 0. The molecule has 0 aliphatic rings. The van der Waals surface area contributed by atoms with Gasteiger partial charge in [-0.05, 0) is 29.3 Å². The second-order valence-corrected chi connectivity index (χ2v) is 5.81. The van der Waals surface area contributed by atoms with Crippen molar-refractivity contribution in [3.05, 3.63) is 63.9 Å². The molecule has 1 heterocycles. The summed E-state index contributed by atoms with van der Waals surface area (Å²) in [5.74, 6) is 1.13. The molecule has 0 bridgehead atoms. The summed E-state index contributed by atoms with van der Waals surface area (Å²) >= 11 is 3.42. The van der Waals surface area contributed by atoms with Crippen LogP contribution in [0.1, 0.15) is 17.0 Å². The van der Waals surface area contributed by atoms with Gasteiger partial charge >= 0.3 is 0 Å². The Labute approximate surface area is 147 Å². The molecular weight excluding hydrogens is 374 g/mol. The van der Waals surface area contributed by atoms with E-state index in [0.717, 1.165) is 26.5 Å². The first kappa shape index (κ1) is 17.8. The molecule has 4 N–H and O–H groups in total. The molecule has 7 heteroatoms. The van der Waals surface area contributed by atoms with Crippen LogP contribution >= 0.6 is 15.9 Å². The van der Waals surface area contributed by atoms with Crippen molar-refractivity contribution in [1.29, 1.82) is 0 Å². The van der Waals surface area contributed by atoms with Crippen LogP contribution in [0.4, 0.5) is 5.82 Å². The van der Waals surface area contributed by atoms with E-state index in [0.29, 0.717) is 18.1 Å². The molecule has 6 nitrogen and oxygen atoms in total. The molecule has 1 aromatic heterocycles. The van der Waals surface area contributed by atoms with E-state index in [9.17, 15) is 5.11 Å². The summed E-state index contributed by atoms with van der Waals surface area (Å²) in [4.78, 5) is 17.3. The zero-order valence-electron chi connectivity index (χ0n) is 12.7. The number of hydrogen-bond donors (Lipinski definition) is 3. The molecule has 0 fully saturated rings. The van der Waals surface area contributed by atoms with E-state index < -0.39 is 0 Å². The largest absolute Gasteiger partial charge is 0.483 e. The minimum Gasteiger partial charge on any atom is -0.483 e. The topological polar surface area (TPSA) is 109 Å². The molecule has 0 saturated heterocycles. The van der Waals surface area contributed by atoms with Gasteiger partial charge in [0, 0.05) is 16.3 Å². The van der Waals surface area contributed by atoms with E-state index in [1.54, 1.807) is 0 Å². The van der Waals surface area contributed by atoms with E-state index in [4.69, 9.17) is 15.6 Å². The molecule has 0 saturated carbocycles. The third kappa shape index (κ3) is 4.27. The van der Waals surface area contributed by atoms with Gasteiger partial charge < -0.3 is 15.9 Å². The lowest BCUT2D eigenvalue weighted by molar-refractivity contribution is -0.122. The predicted octanol–water partition coefficient (Wildman–Crippen LogP) is 2.76. The summed E-state index contributed by atoms with van der Waals surface area (Å²) in [5.41, 5.74) is 8.75. The number of nitrogen functional groups attached to an aromatic ring is 1. The van der Waals surface area contributed by atoms with E-state index in [1.807, 2.05) is 42.5 Å². The molecule has 3 rings (SSSR count). The zero-order valence-corrected chi connectivity index (χ0v) is 14.3. The fourth-order valence-corrected chi connectivity index (χ4v) is 2.67. The average Bonchev–Trinajstić information content (AvgIpc) is 2.57. The van der Waals surface area contributed by atoms with Crippen molar-refractivity contribution in [3.8, 4) is 0 Å². The van der Waals surface area contributed by atoms with Crippen molar-refractivity contribution in [2.45, 2.75) is 13.0 Å². The van der Waals surface area contributed by atoms with Gasteiger partial charge in [0.25, 0.3) is 6.47 Å². The van der Waals surface area contributed by atoms with Gasteiger partial charge in [-0.2, -0.15) is 0 Å². The van der Waals surface area contributed by atoms with Crippen molar-refractivity contribution >= 4 is 39.1 Å². The van der Waals surface area contributed by atoms with Crippen LogP contribution in [0.25, 0.3) is 10.9 Å². The van der Waals surface area contributed by atoms with E-state index in [1.165, 1.54) is 0 Å². The minimum absolute atomic E-state index is 0.00613. The molecule has 3 aromatic rings. The highest BCUT2D eigenvalue weighted by Crippen LogP contribution is 2.23. The Morgan fingerprint density at radius 2 is 1.79 bits per heavy atom. The van der Waals surface area contributed by atoms with Gasteiger partial charge in [-0.15, -0.1) is 0 Å². The lowest BCUT2D eigenvalue weighted by Gasteiger charge is -2.08. The first-order valence-electron chi connectivity index (χ1n) is 7.06. The molecular formula is C17H16BrN3O3. The highest BCUT2D eigenvalue weighted by molar-refractivity contribution is 9.10. The van der Waals surface area contributed by atoms with Crippen LogP contribution in [0.5, 0.6) is 0 Å². The van der Waals surface area contributed by atoms with E-state index in [-0.39, 0.29) is 13.1 Å². The summed E-state index contributed by atoms with van der Waals surface area (Å²) in [6, 6.07) is 13.5. The number of aromatic nitrogens is 2. The number of halogens is 1. The number of carbonyl (C=O) groups is 1. The maximum absolute atomic E-state index is 9.38. The maximum atomic E-state index is 9.38. The summed E-state index contributed by atoms with van der Waals surface area (Å²) in [6.45, 7) is -0.244. The van der Waals surface area contributed by atoms with Gasteiger partial charge in [0.1, 0.15) is 11.6 Å².